The van der Waals surface area contributed by atoms with E-state index in [2.05, 4.69) is 24.9 Å². The molecule has 1 aliphatic heterocycles. The van der Waals surface area contributed by atoms with Gasteiger partial charge in [-0.05, 0) is 19.3 Å². The molecule has 0 saturated carbocycles. The lowest BCUT2D eigenvalue weighted by Crippen LogP contribution is -2.29. The SMILES string of the molecule is O=C(Nc1csc(N2CCCCC2)n1)c1ccon1. The number of carbonyl (C=O) groups is 1. The minimum atomic E-state index is -0.302. The van der Waals surface area contributed by atoms with E-state index in [0.29, 0.717) is 5.82 Å². The average Bonchev–Trinajstić information content (AvgIpc) is 3.11. The second-order valence-electron chi connectivity index (χ2n) is 4.40. The van der Waals surface area contributed by atoms with Gasteiger partial charge < -0.3 is 14.7 Å². The van der Waals surface area contributed by atoms with E-state index < -0.39 is 0 Å². The van der Waals surface area contributed by atoms with Gasteiger partial charge in [-0.15, -0.1) is 11.3 Å². The van der Waals surface area contributed by atoms with Crippen molar-refractivity contribution in [1.29, 1.82) is 0 Å². The minimum absolute atomic E-state index is 0.257. The van der Waals surface area contributed by atoms with Crippen LogP contribution in [0, 0.1) is 0 Å². The van der Waals surface area contributed by atoms with Crippen LogP contribution in [0.5, 0.6) is 0 Å². The Morgan fingerprint density at radius 2 is 2.21 bits per heavy atom. The molecule has 2 aromatic rings. The molecular formula is C12H14N4O2S. The quantitative estimate of drug-likeness (QED) is 0.933. The molecule has 1 saturated heterocycles. The van der Waals surface area contributed by atoms with Crippen LogP contribution < -0.4 is 10.2 Å². The van der Waals surface area contributed by atoms with Gasteiger partial charge >= 0.3 is 0 Å². The van der Waals surface area contributed by atoms with Crippen molar-refractivity contribution in [3.63, 3.8) is 0 Å². The van der Waals surface area contributed by atoms with Crippen molar-refractivity contribution in [1.82, 2.24) is 10.1 Å². The van der Waals surface area contributed by atoms with Crippen molar-refractivity contribution < 1.29 is 9.32 Å². The van der Waals surface area contributed by atoms with Crippen LogP contribution in [-0.4, -0.2) is 29.1 Å². The molecular weight excluding hydrogens is 264 g/mol. The van der Waals surface area contributed by atoms with Crippen LogP contribution in [0.4, 0.5) is 10.9 Å². The van der Waals surface area contributed by atoms with Crippen LogP contribution in [0.1, 0.15) is 29.8 Å². The fourth-order valence-corrected chi connectivity index (χ4v) is 2.87. The summed E-state index contributed by atoms with van der Waals surface area (Å²) in [5, 5.41) is 9.12. The number of hydrogen-bond acceptors (Lipinski definition) is 6. The highest BCUT2D eigenvalue weighted by Gasteiger charge is 2.16. The van der Waals surface area contributed by atoms with Crippen LogP contribution in [-0.2, 0) is 0 Å². The molecule has 3 rings (SSSR count). The first-order valence-electron chi connectivity index (χ1n) is 6.25. The summed E-state index contributed by atoms with van der Waals surface area (Å²) in [6.07, 6.45) is 5.08. The van der Waals surface area contributed by atoms with Gasteiger partial charge in [0.1, 0.15) is 12.1 Å². The average molecular weight is 278 g/mol. The van der Waals surface area contributed by atoms with Crippen molar-refractivity contribution >= 4 is 28.2 Å². The molecule has 6 nitrogen and oxygen atoms in total. The molecule has 1 aliphatic rings. The summed E-state index contributed by atoms with van der Waals surface area (Å²) in [7, 11) is 0. The molecule has 3 heterocycles. The zero-order valence-corrected chi connectivity index (χ0v) is 11.2. The van der Waals surface area contributed by atoms with E-state index in [1.54, 1.807) is 11.3 Å². The fraction of sp³-hybridized carbons (Fsp3) is 0.417. The normalized spacial score (nSPS) is 15.5. The first-order valence-corrected chi connectivity index (χ1v) is 7.13. The van der Waals surface area contributed by atoms with Gasteiger partial charge in [0.05, 0.1) is 0 Å². The van der Waals surface area contributed by atoms with E-state index >= 15 is 0 Å². The maximum absolute atomic E-state index is 11.8. The molecule has 0 bridgehead atoms. The second-order valence-corrected chi connectivity index (χ2v) is 5.24. The van der Waals surface area contributed by atoms with Gasteiger partial charge in [0, 0.05) is 24.5 Å². The van der Waals surface area contributed by atoms with Gasteiger partial charge in [-0.1, -0.05) is 5.16 Å². The number of nitrogens with zero attached hydrogens (tertiary/aromatic N) is 3. The Kier molecular flexibility index (Phi) is 3.45. The van der Waals surface area contributed by atoms with Gasteiger partial charge in [-0.3, -0.25) is 4.79 Å². The lowest BCUT2D eigenvalue weighted by molar-refractivity contribution is 0.101. The van der Waals surface area contributed by atoms with E-state index in [0.717, 1.165) is 18.2 Å². The van der Waals surface area contributed by atoms with Crippen molar-refractivity contribution in [2.45, 2.75) is 19.3 Å². The van der Waals surface area contributed by atoms with Crippen molar-refractivity contribution in [2.24, 2.45) is 0 Å². The lowest BCUT2D eigenvalue weighted by Gasteiger charge is -2.25. The highest BCUT2D eigenvalue weighted by molar-refractivity contribution is 7.14. The molecule has 0 spiro atoms. The molecule has 1 fully saturated rings. The summed E-state index contributed by atoms with van der Waals surface area (Å²) in [6, 6.07) is 1.52. The monoisotopic (exact) mass is 278 g/mol. The predicted molar refractivity (Wildman–Crippen MR) is 72.6 cm³/mol. The van der Waals surface area contributed by atoms with Crippen LogP contribution in [0.15, 0.2) is 22.2 Å². The van der Waals surface area contributed by atoms with E-state index in [4.69, 9.17) is 0 Å². The van der Waals surface area contributed by atoms with Crippen molar-refractivity contribution in [3.8, 4) is 0 Å². The Morgan fingerprint density at radius 3 is 2.95 bits per heavy atom. The standard InChI is InChI=1S/C12H14N4O2S/c17-11(9-4-7-18-15-9)13-10-8-19-12(14-10)16-5-2-1-3-6-16/h4,7-8H,1-3,5-6H2,(H,13,17). The molecule has 0 radical (unpaired) electrons. The van der Waals surface area contributed by atoms with Crippen LogP contribution >= 0.6 is 11.3 Å². The number of aromatic nitrogens is 2. The Balaban J connectivity index is 1.66. The van der Waals surface area contributed by atoms with Crippen molar-refractivity contribution in [2.75, 3.05) is 23.3 Å². The molecule has 0 aliphatic carbocycles. The molecule has 100 valence electrons. The third kappa shape index (κ3) is 2.76. The highest BCUT2D eigenvalue weighted by atomic mass is 32.1. The molecule has 2 aromatic heterocycles. The van der Waals surface area contributed by atoms with Crippen molar-refractivity contribution in [3.05, 3.63) is 23.4 Å². The summed E-state index contributed by atoms with van der Waals surface area (Å²) in [5.74, 6) is 0.266. The Bertz CT molecular complexity index is 546. The molecule has 1 N–H and O–H groups in total. The van der Waals surface area contributed by atoms with Gasteiger partial charge in [0.2, 0.25) is 0 Å². The van der Waals surface area contributed by atoms with Gasteiger partial charge in [-0.2, -0.15) is 0 Å². The zero-order valence-electron chi connectivity index (χ0n) is 10.3. The van der Waals surface area contributed by atoms with Crippen LogP contribution in [0.2, 0.25) is 0 Å². The molecule has 7 heteroatoms. The highest BCUT2D eigenvalue weighted by Crippen LogP contribution is 2.26. The van der Waals surface area contributed by atoms with Gasteiger partial charge in [0.25, 0.3) is 5.91 Å². The summed E-state index contributed by atoms with van der Waals surface area (Å²) in [4.78, 5) is 18.5. The number of amides is 1. The molecule has 19 heavy (non-hydrogen) atoms. The molecule has 1 amide bonds. The van der Waals surface area contributed by atoms with Gasteiger partial charge in [-0.25, -0.2) is 4.98 Å². The number of thiazole rings is 1. The third-order valence-electron chi connectivity index (χ3n) is 3.03. The first-order chi connectivity index (χ1) is 9.33. The summed E-state index contributed by atoms with van der Waals surface area (Å²) in [6.45, 7) is 2.09. The number of carbonyl (C=O) groups excluding carboxylic acids is 1. The summed E-state index contributed by atoms with van der Waals surface area (Å²) < 4.78 is 4.64. The Morgan fingerprint density at radius 1 is 1.37 bits per heavy atom. The molecule has 0 unspecified atom stereocenters. The zero-order chi connectivity index (χ0) is 13.1. The second kappa shape index (κ2) is 5.40. The maximum Gasteiger partial charge on any atom is 0.279 e. The van der Waals surface area contributed by atoms with E-state index in [1.807, 2.05) is 5.38 Å². The first kappa shape index (κ1) is 12.2. The summed E-state index contributed by atoms with van der Waals surface area (Å²) >= 11 is 1.55. The number of anilines is 2. The topological polar surface area (TPSA) is 71.3 Å². The van der Waals surface area contributed by atoms with E-state index in [-0.39, 0.29) is 11.6 Å². The summed E-state index contributed by atoms with van der Waals surface area (Å²) in [5.41, 5.74) is 0.257. The maximum atomic E-state index is 11.8. The van der Waals surface area contributed by atoms with Crippen LogP contribution in [0.25, 0.3) is 0 Å². The number of piperidine rings is 1. The largest absolute Gasteiger partial charge is 0.364 e. The third-order valence-corrected chi connectivity index (χ3v) is 3.93. The number of rotatable bonds is 3. The Hall–Kier alpha value is -1.89. The van der Waals surface area contributed by atoms with Crippen LogP contribution in [0.3, 0.4) is 0 Å². The van der Waals surface area contributed by atoms with E-state index in [1.165, 1.54) is 31.6 Å². The Labute approximate surface area is 114 Å². The minimum Gasteiger partial charge on any atom is -0.364 e. The van der Waals surface area contributed by atoms with Gasteiger partial charge in [0.15, 0.2) is 10.8 Å². The predicted octanol–water partition coefficient (Wildman–Crippen LogP) is 2.37. The fourth-order valence-electron chi connectivity index (χ4n) is 2.06. The smallest absolute Gasteiger partial charge is 0.279 e. The lowest BCUT2D eigenvalue weighted by atomic mass is 10.1. The number of hydrogen-bond donors (Lipinski definition) is 1. The number of nitrogens with one attached hydrogen (secondary N) is 1. The van der Waals surface area contributed by atoms with E-state index in [9.17, 15) is 4.79 Å². The molecule has 0 aromatic carbocycles. The molecule has 0 atom stereocenters.